The van der Waals surface area contributed by atoms with E-state index in [1.807, 2.05) is 18.2 Å². The van der Waals surface area contributed by atoms with Gasteiger partial charge in [-0.25, -0.2) is 4.79 Å². The van der Waals surface area contributed by atoms with Gasteiger partial charge in [-0.2, -0.15) is 0 Å². The summed E-state index contributed by atoms with van der Waals surface area (Å²) >= 11 is 4.94. The van der Waals surface area contributed by atoms with Crippen molar-refractivity contribution in [1.29, 1.82) is 0 Å². The lowest BCUT2D eigenvalue weighted by Crippen LogP contribution is -2.33. The molecule has 2 rings (SSSR count). The number of nitrogens with one attached hydrogen (secondary N) is 1. The molecule has 1 aliphatic rings. The van der Waals surface area contributed by atoms with Crippen LogP contribution < -0.4 is 5.32 Å². The molecule has 0 fully saturated rings. The smallest absolute Gasteiger partial charge is 0.326 e. The van der Waals surface area contributed by atoms with Crippen molar-refractivity contribution in [2.24, 2.45) is 0 Å². The van der Waals surface area contributed by atoms with Crippen LogP contribution in [0.25, 0.3) is 0 Å². The Bertz CT molecular complexity index is 383. The lowest BCUT2D eigenvalue weighted by Gasteiger charge is -2.23. The topological polar surface area (TPSA) is 49.3 Å². The maximum atomic E-state index is 10.7. The van der Waals surface area contributed by atoms with Gasteiger partial charge in [0.15, 0.2) is 0 Å². The summed E-state index contributed by atoms with van der Waals surface area (Å²) in [7, 11) is 0. The van der Waals surface area contributed by atoms with Crippen LogP contribution in [0.4, 0.5) is 5.69 Å². The monoisotopic (exact) mass is 273 g/mol. The number of hydrogen-bond donors (Lipinski definition) is 2. The molecule has 1 aromatic carbocycles. The first-order valence-corrected chi connectivity index (χ1v) is 5.86. The zero-order chi connectivity index (χ0) is 10.1. The van der Waals surface area contributed by atoms with Gasteiger partial charge in [-0.15, -0.1) is 11.8 Å². The normalized spacial score (nSPS) is 19.6. The first-order valence-electron chi connectivity index (χ1n) is 4.08. The van der Waals surface area contributed by atoms with E-state index in [4.69, 9.17) is 5.11 Å². The molecule has 0 aliphatic carbocycles. The lowest BCUT2D eigenvalue weighted by atomic mass is 10.2. The minimum Gasteiger partial charge on any atom is -0.480 e. The summed E-state index contributed by atoms with van der Waals surface area (Å²) < 4.78 is 1.01. The molecule has 3 nitrogen and oxygen atoms in total. The van der Waals surface area contributed by atoms with E-state index >= 15 is 0 Å². The van der Waals surface area contributed by atoms with Gasteiger partial charge in [-0.3, -0.25) is 0 Å². The molecule has 74 valence electrons. The summed E-state index contributed by atoms with van der Waals surface area (Å²) in [5.74, 6) is -0.232. The number of aliphatic carboxylic acids is 1. The molecule has 1 aliphatic heterocycles. The number of halogens is 1. The fraction of sp³-hybridized carbons (Fsp3) is 0.222. The number of anilines is 1. The molecule has 5 heteroatoms. The molecule has 0 radical (unpaired) electrons. The molecule has 0 saturated heterocycles. The molecule has 0 aromatic heterocycles. The van der Waals surface area contributed by atoms with E-state index in [2.05, 4.69) is 21.2 Å². The van der Waals surface area contributed by atoms with Crippen molar-refractivity contribution in [2.75, 3.05) is 11.1 Å². The number of hydrogen-bond acceptors (Lipinski definition) is 3. The van der Waals surface area contributed by atoms with Gasteiger partial charge < -0.3 is 10.4 Å². The van der Waals surface area contributed by atoms with Gasteiger partial charge >= 0.3 is 5.97 Å². The van der Waals surface area contributed by atoms with Crippen molar-refractivity contribution in [3.63, 3.8) is 0 Å². The van der Waals surface area contributed by atoms with Gasteiger partial charge in [0.1, 0.15) is 6.04 Å². The van der Waals surface area contributed by atoms with Crippen LogP contribution in [0.2, 0.25) is 0 Å². The molecule has 0 saturated carbocycles. The number of thioether (sulfide) groups is 1. The molecule has 0 amide bonds. The molecule has 2 N–H and O–H groups in total. The first kappa shape index (κ1) is 9.86. The van der Waals surface area contributed by atoms with Gasteiger partial charge in [0.25, 0.3) is 0 Å². The second-order valence-electron chi connectivity index (χ2n) is 2.99. The Morgan fingerprint density at radius 1 is 1.64 bits per heavy atom. The third-order valence-corrected chi connectivity index (χ3v) is 3.62. The number of fused-ring (bicyclic) bond motifs is 1. The zero-order valence-electron chi connectivity index (χ0n) is 7.16. The van der Waals surface area contributed by atoms with Crippen molar-refractivity contribution in [1.82, 2.24) is 0 Å². The lowest BCUT2D eigenvalue weighted by molar-refractivity contribution is -0.137. The maximum Gasteiger partial charge on any atom is 0.326 e. The summed E-state index contributed by atoms with van der Waals surface area (Å²) in [6.45, 7) is 0. The molecule has 1 heterocycles. The van der Waals surface area contributed by atoms with Crippen molar-refractivity contribution in [2.45, 2.75) is 10.9 Å². The summed E-state index contributed by atoms with van der Waals surface area (Å²) in [4.78, 5) is 11.8. The van der Waals surface area contributed by atoms with E-state index in [0.717, 1.165) is 15.1 Å². The Hall–Kier alpha value is -0.680. The van der Waals surface area contributed by atoms with Crippen LogP contribution in [0.5, 0.6) is 0 Å². The molecule has 14 heavy (non-hydrogen) atoms. The maximum absolute atomic E-state index is 10.7. The second-order valence-corrected chi connectivity index (χ2v) is 4.96. The van der Waals surface area contributed by atoms with Crippen LogP contribution in [0.3, 0.4) is 0 Å². The Balaban J connectivity index is 2.27. The minimum absolute atomic E-state index is 0.478. The highest BCUT2D eigenvalue weighted by molar-refractivity contribution is 9.10. The van der Waals surface area contributed by atoms with E-state index < -0.39 is 12.0 Å². The van der Waals surface area contributed by atoms with E-state index in [-0.39, 0.29) is 0 Å². The summed E-state index contributed by atoms with van der Waals surface area (Å²) in [6.07, 6.45) is 0. The van der Waals surface area contributed by atoms with Crippen LogP contribution in [-0.2, 0) is 4.79 Å². The number of rotatable bonds is 1. The molecular formula is C9H8BrNO2S. The van der Waals surface area contributed by atoms with Crippen LogP contribution in [0.15, 0.2) is 27.6 Å². The molecule has 1 aromatic rings. The number of benzene rings is 1. The third-order valence-electron chi connectivity index (χ3n) is 1.98. The number of carboxylic acid groups (broad SMARTS) is 1. The SMILES string of the molecule is O=C(O)C1CSc2cc(Br)ccc2N1. The summed E-state index contributed by atoms with van der Waals surface area (Å²) in [6, 6.07) is 5.30. The second kappa shape index (κ2) is 3.82. The highest BCUT2D eigenvalue weighted by Crippen LogP contribution is 2.34. The Labute approximate surface area is 94.0 Å². The molecular weight excluding hydrogens is 266 g/mol. The van der Waals surface area contributed by atoms with Crippen LogP contribution in [-0.4, -0.2) is 22.9 Å². The average Bonchev–Trinajstić information content (AvgIpc) is 2.16. The van der Waals surface area contributed by atoms with Gasteiger partial charge in [0.05, 0.1) is 0 Å². The average molecular weight is 274 g/mol. The Morgan fingerprint density at radius 2 is 2.43 bits per heavy atom. The van der Waals surface area contributed by atoms with Gasteiger partial charge in [0.2, 0.25) is 0 Å². The molecule has 1 atom stereocenters. The standard InChI is InChI=1S/C9H8BrNO2S/c10-5-1-2-6-8(3-5)14-4-7(11-6)9(12)13/h1-3,7,11H,4H2,(H,12,13). The predicted octanol–water partition coefficient (Wildman–Crippen LogP) is 2.42. The molecule has 0 spiro atoms. The Kier molecular flexibility index (Phi) is 2.69. The predicted molar refractivity (Wildman–Crippen MR) is 59.9 cm³/mol. The highest BCUT2D eigenvalue weighted by Gasteiger charge is 2.23. The molecule has 0 bridgehead atoms. The fourth-order valence-corrected chi connectivity index (χ4v) is 2.85. The van der Waals surface area contributed by atoms with Crippen molar-refractivity contribution < 1.29 is 9.90 Å². The van der Waals surface area contributed by atoms with Crippen molar-refractivity contribution >= 4 is 39.3 Å². The van der Waals surface area contributed by atoms with Gasteiger partial charge in [-0.05, 0) is 18.2 Å². The quantitative estimate of drug-likeness (QED) is 0.825. The first-order chi connectivity index (χ1) is 6.66. The van der Waals surface area contributed by atoms with Crippen LogP contribution in [0.1, 0.15) is 0 Å². The fourth-order valence-electron chi connectivity index (χ4n) is 1.27. The van der Waals surface area contributed by atoms with Crippen LogP contribution >= 0.6 is 27.7 Å². The Morgan fingerprint density at radius 3 is 3.14 bits per heavy atom. The third kappa shape index (κ3) is 1.88. The van der Waals surface area contributed by atoms with Gasteiger partial charge in [0, 0.05) is 20.8 Å². The minimum atomic E-state index is -0.800. The van der Waals surface area contributed by atoms with E-state index in [0.29, 0.717) is 5.75 Å². The summed E-state index contributed by atoms with van der Waals surface area (Å²) in [5, 5.41) is 11.8. The summed E-state index contributed by atoms with van der Waals surface area (Å²) in [5.41, 5.74) is 0.900. The van der Waals surface area contributed by atoms with Crippen molar-refractivity contribution in [3.8, 4) is 0 Å². The largest absolute Gasteiger partial charge is 0.480 e. The van der Waals surface area contributed by atoms with Crippen LogP contribution in [0, 0.1) is 0 Å². The molecule has 1 unspecified atom stereocenters. The number of carbonyl (C=O) groups is 1. The number of carboxylic acids is 1. The van der Waals surface area contributed by atoms with Crippen molar-refractivity contribution in [3.05, 3.63) is 22.7 Å². The highest BCUT2D eigenvalue weighted by atomic mass is 79.9. The van der Waals surface area contributed by atoms with Gasteiger partial charge in [-0.1, -0.05) is 15.9 Å². The zero-order valence-corrected chi connectivity index (χ0v) is 9.56. The van der Waals surface area contributed by atoms with E-state index in [1.165, 1.54) is 0 Å². The van der Waals surface area contributed by atoms with E-state index in [9.17, 15) is 4.79 Å². The van der Waals surface area contributed by atoms with E-state index in [1.54, 1.807) is 11.8 Å².